The van der Waals surface area contributed by atoms with Crippen LogP contribution in [0.2, 0.25) is 0 Å². The van der Waals surface area contributed by atoms with Crippen molar-refractivity contribution in [1.82, 2.24) is 20.0 Å². The van der Waals surface area contributed by atoms with E-state index in [1.54, 1.807) is 0 Å². The molecular weight excluding hydrogens is 416 g/mol. The quantitative estimate of drug-likeness (QED) is 0.733. The SMILES string of the molecule is O=C(NCc1ccccc1CN1CCOCC1)N1CCN(Cc2ccc3c(c2)CCO3)CC1. The number of carbonyl (C=O) groups excluding carboxylic acids is 1. The number of urea groups is 1. The molecule has 0 saturated carbocycles. The zero-order valence-electron chi connectivity index (χ0n) is 19.3. The molecule has 2 saturated heterocycles. The molecule has 33 heavy (non-hydrogen) atoms. The number of piperazine rings is 1. The van der Waals surface area contributed by atoms with Gasteiger partial charge in [0.2, 0.25) is 0 Å². The summed E-state index contributed by atoms with van der Waals surface area (Å²) in [6, 6.07) is 15.0. The first-order chi connectivity index (χ1) is 16.2. The molecule has 0 bridgehead atoms. The molecule has 0 atom stereocenters. The minimum Gasteiger partial charge on any atom is -0.493 e. The summed E-state index contributed by atoms with van der Waals surface area (Å²) < 4.78 is 11.1. The van der Waals surface area contributed by atoms with Gasteiger partial charge < -0.3 is 19.7 Å². The Balaban J connectivity index is 1.09. The van der Waals surface area contributed by atoms with E-state index in [4.69, 9.17) is 9.47 Å². The number of ether oxygens (including phenoxy) is 2. The molecule has 7 nitrogen and oxygen atoms in total. The van der Waals surface area contributed by atoms with Gasteiger partial charge in [-0.15, -0.1) is 0 Å². The third kappa shape index (κ3) is 5.66. The maximum Gasteiger partial charge on any atom is 0.317 e. The second kappa shape index (κ2) is 10.5. The highest BCUT2D eigenvalue weighted by Gasteiger charge is 2.22. The summed E-state index contributed by atoms with van der Waals surface area (Å²) >= 11 is 0. The first kappa shape index (κ1) is 22.2. The van der Waals surface area contributed by atoms with Crippen LogP contribution in [-0.4, -0.2) is 79.8 Å². The third-order valence-electron chi connectivity index (χ3n) is 6.87. The van der Waals surface area contributed by atoms with Crippen LogP contribution in [-0.2, 0) is 30.8 Å². The molecule has 1 N–H and O–H groups in total. The van der Waals surface area contributed by atoms with E-state index >= 15 is 0 Å². The van der Waals surface area contributed by atoms with Crippen molar-refractivity contribution < 1.29 is 14.3 Å². The maximum absolute atomic E-state index is 12.8. The lowest BCUT2D eigenvalue weighted by Crippen LogP contribution is -2.51. The molecule has 0 aromatic heterocycles. The molecule has 0 unspecified atom stereocenters. The largest absolute Gasteiger partial charge is 0.493 e. The number of benzene rings is 2. The summed E-state index contributed by atoms with van der Waals surface area (Å²) in [5.74, 6) is 1.03. The summed E-state index contributed by atoms with van der Waals surface area (Å²) in [7, 11) is 0. The van der Waals surface area contributed by atoms with Gasteiger partial charge in [0.15, 0.2) is 0 Å². The fourth-order valence-electron chi connectivity index (χ4n) is 4.87. The zero-order valence-corrected chi connectivity index (χ0v) is 19.3. The standard InChI is InChI=1S/C26H34N4O3/c31-26(27-18-23-3-1-2-4-24(23)20-29-12-15-32-16-13-29)30-10-8-28(9-11-30)19-21-5-6-25-22(17-21)7-14-33-25/h1-6,17H,7-16,18-20H2,(H,27,31). The fourth-order valence-corrected chi connectivity index (χ4v) is 4.87. The van der Waals surface area contributed by atoms with Crippen LogP contribution in [0.5, 0.6) is 5.75 Å². The molecule has 3 heterocycles. The number of morpholine rings is 1. The van der Waals surface area contributed by atoms with E-state index in [1.165, 1.54) is 22.3 Å². The molecule has 2 aromatic rings. The number of fused-ring (bicyclic) bond motifs is 1. The predicted octanol–water partition coefficient (Wildman–Crippen LogP) is 2.48. The van der Waals surface area contributed by atoms with Crippen molar-refractivity contribution in [2.75, 3.05) is 59.1 Å². The molecule has 3 aliphatic rings. The highest BCUT2D eigenvalue weighted by molar-refractivity contribution is 5.74. The Hall–Kier alpha value is -2.61. The predicted molar refractivity (Wildman–Crippen MR) is 127 cm³/mol. The van der Waals surface area contributed by atoms with Crippen molar-refractivity contribution in [3.63, 3.8) is 0 Å². The lowest BCUT2D eigenvalue weighted by molar-refractivity contribution is 0.0340. The Bertz CT molecular complexity index is 952. The van der Waals surface area contributed by atoms with Gasteiger partial charge in [-0.05, 0) is 28.3 Å². The Kier molecular flexibility index (Phi) is 7.09. The lowest BCUT2D eigenvalue weighted by atomic mass is 10.1. The normalized spacial score (nSPS) is 19.2. The minimum atomic E-state index is 0.0329. The van der Waals surface area contributed by atoms with Crippen molar-refractivity contribution in [2.45, 2.75) is 26.1 Å². The number of carbonyl (C=O) groups is 1. The van der Waals surface area contributed by atoms with Gasteiger partial charge in [0.25, 0.3) is 0 Å². The molecule has 7 heteroatoms. The van der Waals surface area contributed by atoms with Crippen molar-refractivity contribution in [3.8, 4) is 5.75 Å². The van der Waals surface area contributed by atoms with E-state index in [1.807, 2.05) is 11.0 Å². The van der Waals surface area contributed by atoms with E-state index < -0.39 is 0 Å². The third-order valence-corrected chi connectivity index (χ3v) is 6.87. The molecule has 0 aliphatic carbocycles. The molecule has 2 aromatic carbocycles. The van der Waals surface area contributed by atoms with E-state index in [0.717, 1.165) is 84.3 Å². The summed E-state index contributed by atoms with van der Waals surface area (Å²) in [5, 5.41) is 3.15. The highest BCUT2D eigenvalue weighted by atomic mass is 16.5. The van der Waals surface area contributed by atoms with Crippen molar-refractivity contribution in [2.24, 2.45) is 0 Å². The number of hydrogen-bond donors (Lipinski definition) is 1. The second-order valence-corrected chi connectivity index (χ2v) is 9.12. The molecule has 176 valence electrons. The zero-order chi connectivity index (χ0) is 22.5. The van der Waals surface area contributed by atoms with Gasteiger partial charge in [-0.25, -0.2) is 4.79 Å². The number of nitrogens with zero attached hydrogens (tertiary/aromatic N) is 3. The van der Waals surface area contributed by atoms with E-state index in [0.29, 0.717) is 6.54 Å². The molecule has 2 amide bonds. The second-order valence-electron chi connectivity index (χ2n) is 9.12. The number of rotatable bonds is 6. The van der Waals surface area contributed by atoms with Gasteiger partial charge in [-0.3, -0.25) is 9.80 Å². The van der Waals surface area contributed by atoms with E-state index in [2.05, 4.69) is 51.5 Å². The van der Waals surface area contributed by atoms with Crippen LogP contribution in [0.3, 0.4) is 0 Å². The topological polar surface area (TPSA) is 57.3 Å². The minimum absolute atomic E-state index is 0.0329. The number of nitrogens with one attached hydrogen (secondary N) is 1. The Morgan fingerprint density at radius 3 is 2.42 bits per heavy atom. The first-order valence-corrected chi connectivity index (χ1v) is 12.1. The van der Waals surface area contributed by atoms with Crippen LogP contribution in [0, 0.1) is 0 Å². The van der Waals surface area contributed by atoms with Crippen LogP contribution in [0.4, 0.5) is 4.79 Å². The van der Waals surface area contributed by atoms with Crippen molar-refractivity contribution in [3.05, 3.63) is 64.7 Å². The highest BCUT2D eigenvalue weighted by Crippen LogP contribution is 2.26. The molecular formula is C26H34N4O3. The van der Waals surface area contributed by atoms with Crippen LogP contribution in [0.15, 0.2) is 42.5 Å². The number of amides is 2. The molecule has 0 radical (unpaired) electrons. The van der Waals surface area contributed by atoms with Crippen LogP contribution < -0.4 is 10.1 Å². The molecule has 5 rings (SSSR count). The fraction of sp³-hybridized carbons (Fsp3) is 0.500. The van der Waals surface area contributed by atoms with Gasteiger partial charge in [0, 0.05) is 65.3 Å². The van der Waals surface area contributed by atoms with Crippen LogP contribution in [0.25, 0.3) is 0 Å². The summed E-state index contributed by atoms with van der Waals surface area (Å²) in [6.07, 6.45) is 1.01. The van der Waals surface area contributed by atoms with Gasteiger partial charge in [0.1, 0.15) is 5.75 Å². The lowest BCUT2D eigenvalue weighted by Gasteiger charge is -2.34. The van der Waals surface area contributed by atoms with Gasteiger partial charge in [0.05, 0.1) is 19.8 Å². The summed E-state index contributed by atoms with van der Waals surface area (Å²) in [5.41, 5.74) is 5.12. The molecule has 3 aliphatic heterocycles. The van der Waals surface area contributed by atoms with E-state index in [-0.39, 0.29) is 6.03 Å². The molecule has 0 spiro atoms. The average Bonchev–Trinajstić information content (AvgIpc) is 3.32. The van der Waals surface area contributed by atoms with Gasteiger partial charge >= 0.3 is 6.03 Å². The summed E-state index contributed by atoms with van der Waals surface area (Å²) in [6.45, 7) is 10.0. The number of hydrogen-bond acceptors (Lipinski definition) is 5. The summed E-state index contributed by atoms with van der Waals surface area (Å²) in [4.78, 5) is 19.6. The Morgan fingerprint density at radius 2 is 1.61 bits per heavy atom. The average molecular weight is 451 g/mol. The monoisotopic (exact) mass is 450 g/mol. The maximum atomic E-state index is 12.8. The molecule has 2 fully saturated rings. The van der Waals surface area contributed by atoms with Crippen molar-refractivity contribution in [1.29, 1.82) is 0 Å². The Labute approximate surface area is 196 Å². The smallest absolute Gasteiger partial charge is 0.317 e. The van der Waals surface area contributed by atoms with Gasteiger partial charge in [-0.1, -0.05) is 36.4 Å². The van der Waals surface area contributed by atoms with Crippen molar-refractivity contribution >= 4 is 6.03 Å². The van der Waals surface area contributed by atoms with E-state index in [9.17, 15) is 4.79 Å². The van der Waals surface area contributed by atoms with Crippen LogP contribution in [0.1, 0.15) is 22.3 Å². The van der Waals surface area contributed by atoms with Gasteiger partial charge in [-0.2, -0.15) is 0 Å². The Morgan fingerprint density at radius 1 is 0.848 bits per heavy atom. The first-order valence-electron chi connectivity index (χ1n) is 12.1. The van der Waals surface area contributed by atoms with Crippen LogP contribution >= 0.6 is 0 Å².